The Hall–Kier alpha value is -1.22. The molecule has 1 aromatic carbocycles. The minimum Gasteiger partial charge on any atom is -0.381 e. The molecular formula is C14H18N2O2S. The molecular weight excluding hydrogens is 260 g/mol. The van der Waals surface area contributed by atoms with Crippen LogP contribution in [0.25, 0.3) is 0 Å². The predicted octanol–water partition coefficient (Wildman–Crippen LogP) is 2.50. The van der Waals surface area contributed by atoms with E-state index in [9.17, 15) is 5.26 Å². The highest BCUT2D eigenvalue weighted by Crippen LogP contribution is 2.28. The van der Waals surface area contributed by atoms with Gasteiger partial charge in [0.2, 0.25) is 0 Å². The molecule has 1 aromatic rings. The molecule has 0 saturated carbocycles. The van der Waals surface area contributed by atoms with Crippen LogP contribution in [0.15, 0.2) is 23.1 Å². The first-order valence-corrected chi connectivity index (χ1v) is 7.41. The number of ether oxygens (including phenoxy) is 2. The van der Waals surface area contributed by atoms with Gasteiger partial charge in [-0.2, -0.15) is 5.26 Å². The molecule has 1 N–H and O–H groups in total. The molecule has 0 aliphatic carbocycles. The lowest BCUT2D eigenvalue weighted by molar-refractivity contribution is -0.00620. The van der Waals surface area contributed by atoms with Crippen molar-refractivity contribution in [2.75, 3.05) is 38.4 Å². The molecule has 102 valence electrons. The first kappa shape index (κ1) is 14.2. The summed E-state index contributed by atoms with van der Waals surface area (Å²) in [5.74, 6) is 0. The molecule has 4 nitrogen and oxygen atoms in total. The van der Waals surface area contributed by atoms with Gasteiger partial charge in [0.1, 0.15) is 11.7 Å². The molecule has 5 heteroatoms. The zero-order chi connectivity index (χ0) is 13.7. The Morgan fingerprint density at radius 2 is 2.42 bits per heavy atom. The van der Waals surface area contributed by atoms with Crippen molar-refractivity contribution in [2.24, 2.45) is 0 Å². The number of nitrogens with one attached hydrogen (secondary N) is 1. The van der Waals surface area contributed by atoms with E-state index in [2.05, 4.69) is 11.4 Å². The van der Waals surface area contributed by atoms with Gasteiger partial charge in [-0.25, -0.2) is 0 Å². The molecule has 1 unspecified atom stereocenters. The number of rotatable bonds is 5. The molecule has 0 spiro atoms. The Balaban J connectivity index is 2.13. The average molecular weight is 278 g/mol. The standard InChI is InChI=1S/C14H18N2O2S/c1-17-14(6-7-18-10-14)9-16-12-4-3-5-13(19-2)11(12)8-15/h3-5,16H,6-7,9-10H2,1-2H3. The maximum atomic E-state index is 9.28. The van der Waals surface area contributed by atoms with Gasteiger partial charge in [0, 0.05) is 31.6 Å². The fourth-order valence-corrected chi connectivity index (χ4v) is 2.76. The van der Waals surface area contributed by atoms with Gasteiger partial charge in [-0.15, -0.1) is 11.8 Å². The van der Waals surface area contributed by atoms with Gasteiger partial charge in [0.25, 0.3) is 0 Å². The lowest BCUT2D eigenvalue weighted by atomic mass is 10.0. The van der Waals surface area contributed by atoms with E-state index in [1.165, 1.54) is 0 Å². The van der Waals surface area contributed by atoms with Crippen molar-refractivity contribution in [2.45, 2.75) is 16.9 Å². The van der Waals surface area contributed by atoms with E-state index in [0.29, 0.717) is 18.7 Å². The Morgan fingerprint density at radius 3 is 3.00 bits per heavy atom. The molecule has 1 fully saturated rings. The first-order chi connectivity index (χ1) is 9.24. The molecule has 0 bridgehead atoms. The number of benzene rings is 1. The zero-order valence-corrected chi connectivity index (χ0v) is 12.0. The minimum absolute atomic E-state index is 0.276. The maximum Gasteiger partial charge on any atom is 0.110 e. The second-order valence-corrected chi connectivity index (χ2v) is 5.39. The first-order valence-electron chi connectivity index (χ1n) is 6.18. The summed E-state index contributed by atoms with van der Waals surface area (Å²) in [6.45, 7) is 1.97. The summed E-state index contributed by atoms with van der Waals surface area (Å²) >= 11 is 1.58. The third-order valence-corrected chi connectivity index (χ3v) is 4.24. The fourth-order valence-electron chi connectivity index (χ4n) is 2.18. The Bertz CT molecular complexity index is 479. The summed E-state index contributed by atoms with van der Waals surface area (Å²) in [5, 5.41) is 12.6. The van der Waals surface area contributed by atoms with Crippen molar-refractivity contribution in [1.29, 1.82) is 5.26 Å². The van der Waals surface area contributed by atoms with E-state index in [1.54, 1.807) is 18.9 Å². The number of methoxy groups -OCH3 is 1. The maximum absolute atomic E-state index is 9.28. The molecule has 0 aromatic heterocycles. The van der Waals surface area contributed by atoms with E-state index < -0.39 is 0 Å². The molecule has 1 aliphatic rings. The molecule has 1 aliphatic heterocycles. The summed E-state index contributed by atoms with van der Waals surface area (Å²) < 4.78 is 11.0. The second-order valence-electron chi connectivity index (χ2n) is 4.54. The molecule has 1 atom stereocenters. The van der Waals surface area contributed by atoms with Crippen molar-refractivity contribution < 1.29 is 9.47 Å². The van der Waals surface area contributed by atoms with Crippen LogP contribution >= 0.6 is 11.8 Å². The number of nitriles is 1. The lowest BCUT2D eigenvalue weighted by Gasteiger charge is -2.26. The Labute approximate surface area is 118 Å². The van der Waals surface area contributed by atoms with Crippen LogP contribution in [0.2, 0.25) is 0 Å². The summed E-state index contributed by atoms with van der Waals surface area (Å²) in [6.07, 6.45) is 2.85. The van der Waals surface area contributed by atoms with Crippen LogP contribution in [-0.4, -0.2) is 38.7 Å². The molecule has 0 amide bonds. The number of hydrogen-bond acceptors (Lipinski definition) is 5. The third-order valence-electron chi connectivity index (χ3n) is 3.46. The molecule has 0 radical (unpaired) electrons. The summed E-state index contributed by atoms with van der Waals surface area (Å²) in [7, 11) is 1.71. The molecule has 2 rings (SSSR count). The Morgan fingerprint density at radius 1 is 1.58 bits per heavy atom. The number of hydrogen-bond donors (Lipinski definition) is 1. The van der Waals surface area contributed by atoms with Gasteiger partial charge in [-0.05, 0) is 18.4 Å². The number of nitrogens with zero attached hydrogens (tertiary/aromatic N) is 1. The van der Waals surface area contributed by atoms with Crippen LogP contribution in [0.3, 0.4) is 0 Å². The molecule has 19 heavy (non-hydrogen) atoms. The predicted molar refractivity (Wildman–Crippen MR) is 76.6 cm³/mol. The summed E-state index contributed by atoms with van der Waals surface area (Å²) in [6, 6.07) is 8.11. The SMILES string of the molecule is COC1(CNc2cccc(SC)c2C#N)CCOC1. The number of thioether (sulfide) groups is 1. The van der Waals surface area contributed by atoms with E-state index >= 15 is 0 Å². The fraction of sp³-hybridized carbons (Fsp3) is 0.500. The van der Waals surface area contributed by atoms with Crippen molar-refractivity contribution in [1.82, 2.24) is 0 Å². The highest BCUT2D eigenvalue weighted by atomic mass is 32.2. The van der Waals surface area contributed by atoms with Crippen LogP contribution < -0.4 is 5.32 Å². The van der Waals surface area contributed by atoms with Gasteiger partial charge >= 0.3 is 0 Å². The quantitative estimate of drug-likeness (QED) is 0.839. The molecule has 1 saturated heterocycles. The van der Waals surface area contributed by atoms with E-state index in [0.717, 1.165) is 23.6 Å². The van der Waals surface area contributed by atoms with E-state index in [4.69, 9.17) is 9.47 Å². The summed E-state index contributed by atoms with van der Waals surface area (Å²) in [5.41, 5.74) is 1.28. The van der Waals surface area contributed by atoms with E-state index in [1.807, 2.05) is 24.5 Å². The Kier molecular flexibility index (Phi) is 4.70. The highest BCUT2D eigenvalue weighted by Gasteiger charge is 2.34. The highest BCUT2D eigenvalue weighted by molar-refractivity contribution is 7.98. The summed E-state index contributed by atoms with van der Waals surface area (Å²) in [4.78, 5) is 0.988. The van der Waals surface area contributed by atoms with Gasteiger partial charge in [-0.3, -0.25) is 0 Å². The van der Waals surface area contributed by atoms with Crippen LogP contribution in [-0.2, 0) is 9.47 Å². The van der Waals surface area contributed by atoms with Crippen LogP contribution in [0.5, 0.6) is 0 Å². The number of anilines is 1. The van der Waals surface area contributed by atoms with Gasteiger partial charge in [0.05, 0.1) is 17.9 Å². The third kappa shape index (κ3) is 3.03. The van der Waals surface area contributed by atoms with Crippen molar-refractivity contribution in [3.8, 4) is 6.07 Å². The largest absolute Gasteiger partial charge is 0.381 e. The van der Waals surface area contributed by atoms with Gasteiger partial charge in [0.15, 0.2) is 0 Å². The average Bonchev–Trinajstić information content (AvgIpc) is 2.94. The van der Waals surface area contributed by atoms with Crippen molar-refractivity contribution >= 4 is 17.4 Å². The van der Waals surface area contributed by atoms with Crippen molar-refractivity contribution in [3.05, 3.63) is 23.8 Å². The topological polar surface area (TPSA) is 54.3 Å². The van der Waals surface area contributed by atoms with E-state index in [-0.39, 0.29) is 5.60 Å². The smallest absolute Gasteiger partial charge is 0.110 e. The van der Waals surface area contributed by atoms with Crippen LogP contribution in [0, 0.1) is 11.3 Å². The van der Waals surface area contributed by atoms with Crippen LogP contribution in [0.4, 0.5) is 5.69 Å². The zero-order valence-electron chi connectivity index (χ0n) is 11.2. The van der Waals surface area contributed by atoms with Gasteiger partial charge < -0.3 is 14.8 Å². The lowest BCUT2D eigenvalue weighted by Crippen LogP contribution is -2.39. The van der Waals surface area contributed by atoms with Crippen LogP contribution in [0.1, 0.15) is 12.0 Å². The molecule has 1 heterocycles. The van der Waals surface area contributed by atoms with Crippen molar-refractivity contribution in [3.63, 3.8) is 0 Å². The normalized spacial score (nSPS) is 22.2. The minimum atomic E-state index is -0.276. The van der Waals surface area contributed by atoms with Gasteiger partial charge in [-0.1, -0.05) is 6.07 Å². The monoisotopic (exact) mass is 278 g/mol. The second kappa shape index (κ2) is 6.29.